The topological polar surface area (TPSA) is 3.24 Å². The number of hydrogen-bond acceptors (Lipinski definition) is 1. The van der Waals surface area contributed by atoms with Crippen LogP contribution in [0, 0.1) is 0 Å². The van der Waals surface area contributed by atoms with Crippen molar-refractivity contribution < 1.29 is 0 Å². The van der Waals surface area contributed by atoms with Crippen LogP contribution in [-0.4, -0.2) is 23.5 Å². The quantitative estimate of drug-likeness (QED) is 0.769. The van der Waals surface area contributed by atoms with Crippen molar-refractivity contribution in [3.05, 3.63) is 35.4 Å². The normalized spacial score (nSPS) is 26.6. The van der Waals surface area contributed by atoms with Crippen molar-refractivity contribution in [2.45, 2.75) is 63.8 Å². The Labute approximate surface area is 130 Å². The Hall–Kier alpha value is -0.530. The van der Waals surface area contributed by atoms with Crippen molar-refractivity contribution in [3.63, 3.8) is 0 Å². The second-order valence-corrected chi connectivity index (χ2v) is 6.47. The van der Waals surface area contributed by atoms with Crippen LogP contribution in [-0.2, 0) is 12.8 Å². The highest BCUT2D eigenvalue weighted by molar-refractivity contribution is 5.85. The Morgan fingerprint density at radius 2 is 1.85 bits per heavy atom. The lowest BCUT2D eigenvalue weighted by Crippen LogP contribution is -2.52. The van der Waals surface area contributed by atoms with E-state index in [1.54, 1.807) is 11.1 Å². The number of aryl methyl sites for hydroxylation is 1. The van der Waals surface area contributed by atoms with E-state index in [-0.39, 0.29) is 12.4 Å². The van der Waals surface area contributed by atoms with Gasteiger partial charge in [0.05, 0.1) is 0 Å². The summed E-state index contributed by atoms with van der Waals surface area (Å²) in [6.45, 7) is 4.95. The molecule has 1 aromatic rings. The molecule has 2 aliphatic rings. The third kappa shape index (κ3) is 3.04. The van der Waals surface area contributed by atoms with Crippen molar-refractivity contribution in [2.75, 3.05) is 13.1 Å². The summed E-state index contributed by atoms with van der Waals surface area (Å²) in [4.78, 5) is 2.84. The molecule has 1 fully saturated rings. The van der Waals surface area contributed by atoms with Gasteiger partial charge in [0, 0.05) is 5.54 Å². The molecule has 0 N–H and O–H groups in total. The summed E-state index contributed by atoms with van der Waals surface area (Å²) < 4.78 is 0. The molecule has 1 nitrogen and oxygen atoms in total. The SMILES string of the molecule is CCCN1CCCCCC12CCc1ccccc1C2.Cl. The minimum Gasteiger partial charge on any atom is -0.297 e. The smallest absolute Gasteiger partial charge is 0.0253 e. The first-order valence-electron chi connectivity index (χ1n) is 8.16. The molecule has 2 heteroatoms. The predicted octanol–water partition coefficient (Wildman–Crippen LogP) is 4.62. The summed E-state index contributed by atoms with van der Waals surface area (Å²) in [5.74, 6) is 0. The molecule has 0 bridgehead atoms. The van der Waals surface area contributed by atoms with Gasteiger partial charge in [0.15, 0.2) is 0 Å². The van der Waals surface area contributed by atoms with Crippen LogP contribution >= 0.6 is 12.4 Å². The van der Waals surface area contributed by atoms with Gasteiger partial charge in [-0.15, -0.1) is 12.4 Å². The van der Waals surface area contributed by atoms with E-state index in [1.165, 1.54) is 64.5 Å². The number of benzene rings is 1. The molecule has 0 radical (unpaired) electrons. The molecule has 1 spiro atoms. The van der Waals surface area contributed by atoms with Crippen molar-refractivity contribution in [3.8, 4) is 0 Å². The summed E-state index contributed by atoms with van der Waals surface area (Å²) >= 11 is 0. The third-order valence-corrected chi connectivity index (χ3v) is 5.23. The Morgan fingerprint density at radius 1 is 1.05 bits per heavy atom. The average Bonchev–Trinajstić information content (AvgIpc) is 2.63. The molecular formula is C18H28ClN. The maximum Gasteiger partial charge on any atom is 0.0253 e. The molecule has 1 aromatic carbocycles. The second-order valence-electron chi connectivity index (χ2n) is 6.47. The fourth-order valence-electron chi connectivity index (χ4n) is 4.22. The number of nitrogens with zero attached hydrogens (tertiary/aromatic N) is 1. The zero-order valence-electron chi connectivity index (χ0n) is 12.7. The van der Waals surface area contributed by atoms with Crippen molar-refractivity contribution in [2.24, 2.45) is 0 Å². The molecule has 0 amide bonds. The molecule has 3 rings (SSSR count). The summed E-state index contributed by atoms with van der Waals surface area (Å²) in [5, 5.41) is 0. The molecule has 1 aliphatic heterocycles. The first kappa shape index (κ1) is 15.9. The monoisotopic (exact) mass is 293 g/mol. The minimum atomic E-state index is 0. The summed E-state index contributed by atoms with van der Waals surface area (Å²) in [6.07, 6.45) is 10.9. The van der Waals surface area contributed by atoms with Crippen LogP contribution in [0.4, 0.5) is 0 Å². The van der Waals surface area contributed by atoms with Gasteiger partial charge < -0.3 is 0 Å². The predicted molar refractivity (Wildman–Crippen MR) is 88.8 cm³/mol. The maximum atomic E-state index is 2.84. The van der Waals surface area contributed by atoms with E-state index < -0.39 is 0 Å². The van der Waals surface area contributed by atoms with Crippen LogP contribution in [0.5, 0.6) is 0 Å². The van der Waals surface area contributed by atoms with Gasteiger partial charge >= 0.3 is 0 Å². The standard InChI is InChI=1S/C18H27N.ClH/c1-2-13-19-14-7-3-6-11-18(19)12-10-16-8-4-5-9-17(16)15-18;/h4-5,8-9H,2-3,6-7,10-15H2,1H3;1H. The van der Waals surface area contributed by atoms with Crippen LogP contribution in [0.15, 0.2) is 24.3 Å². The number of hydrogen-bond donors (Lipinski definition) is 0. The molecule has 1 unspecified atom stereocenters. The number of fused-ring (bicyclic) bond motifs is 1. The van der Waals surface area contributed by atoms with Gasteiger partial charge in [-0.25, -0.2) is 0 Å². The Morgan fingerprint density at radius 3 is 2.65 bits per heavy atom. The van der Waals surface area contributed by atoms with E-state index in [4.69, 9.17) is 0 Å². The van der Waals surface area contributed by atoms with Crippen molar-refractivity contribution in [1.29, 1.82) is 0 Å². The molecular weight excluding hydrogens is 266 g/mol. The van der Waals surface area contributed by atoms with E-state index in [0.717, 1.165) is 0 Å². The van der Waals surface area contributed by atoms with Gasteiger partial charge in [-0.3, -0.25) is 4.90 Å². The van der Waals surface area contributed by atoms with Gasteiger partial charge in [0.1, 0.15) is 0 Å². The molecule has 1 saturated heterocycles. The highest BCUT2D eigenvalue weighted by Gasteiger charge is 2.39. The second kappa shape index (κ2) is 6.95. The highest BCUT2D eigenvalue weighted by Crippen LogP contribution is 2.39. The van der Waals surface area contributed by atoms with Crippen LogP contribution in [0.25, 0.3) is 0 Å². The largest absolute Gasteiger partial charge is 0.297 e. The molecule has 1 atom stereocenters. The summed E-state index contributed by atoms with van der Waals surface area (Å²) in [7, 11) is 0. The third-order valence-electron chi connectivity index (χ3n) is 5.23. The number of likely N-dealkylation sites (tertiary alicyclic amines) is 1. The van der Waals surface area contributed by atoms with E-state index in [2.05, 4.69) is 36.1 Å². The van der Waals surface area contributed by atoms with Crippen LogP contribution in [0.3, 0.4) is 0 Å². The lowest BCUT2D eigenvalue weighted by Gasteiger charge is -2.46. The van der Waals surface area contributed by atoms with E-state index in [0.29, 0.717) is 5.54 Å². The van der Waals surface area contributed by atoms with Crippen LogP contribution in [0.2, 0.25) is 0 Å². The average molecular weight is 294 g/mol. The van der Waals surface area contributed by atoms with Gasteiger partial charge in [-0.05, 0) is 62.7 Å². The van der Waals surface area contributed by atoms with Crippen molar-refractivity contribution >= 4 is 12.4 Å². The van der Waals surface area contributed by atoms with Crippen LogP contribution in [0.1, 0.15) is 56.6 Å². The molecule has 0 saturated carbocycles. The maximum absolute atomic E-state index is 2.84. The van der Waals surface area contributed by atoms with Gasteiger partial charge in [0.25, 0.3) is 0 Å². The van der Waals surface area contributed by atoms with E-state index in [1.807, 2.05) is 0 Å². The van der Waals surface area contributed by atoms with Crippen LogP contribution < -0.4 is 0 Å². The Balaban J connectivity index is 0.00000147. The zero-order valence-corrected chi connectivity index (χ0v) is 13.6. The van der Waals surface area contributed by atoms with Gasteiger partial charge in [-0.2, -0.15) is 0 Å². The fourth-order valence-corrected chi connectivity index (χ4v) is 4.22. The lowest BCUT2D eigenvalue weighted by atomic mass is 9.74. The van der Waals surface area contributed by atoms with E-state index in [9.17, 15) is 0 Å². The van der Waals surface area contributed by atoms with Crippen molar-refractivity contribution in [1.82, 2.24) is 4.90 Å². The molecule has 20 heavy (non-hydrogen) atoms. The van der Waals surface area contributed by atoms with Gasteiger partial charge in [-0.1, -0.05) is 44.0 Å². The summed E-state index contributed by atoms with van der Waals surface area (Å²) in [6, 6.07) is 9.13. The molecule has 1 aliphatic carbocycles. The number of halogens is 1. The van der Waals surface area contributed by atoms with Gasteiger partial charge in [0.2, 0.25) is 0 Å². The Bertz CT molecular complexity index is 431. The lowest BCUT2D eigenvalue weighted by molar-refractivity contribution is 0.0732. The molecule has 0 aromatic heterocycles. The fraction of sp³-hybridized carbons (Fsp3) is 0.667. The molecule has 112 valence electrons. The molecule has 1 heterocycles. The minimum absolute atomic E-state index is 0. The highest BCUT2D eigenvalue weighted by atomic mass is 35.5. The zero-order chi connectivity index (χ0) is 13.1. The van der Waals surface area contributed by atoms with E-state index >= 15 is 0 Å². The summed E-state index contributed by atoms with van der Waals surface area (Å²) in [5.41, 5.74) is 3.71. The Kier molecular flexibility index (Phi) is 5.51. The number of rotatable bonds is 2. The first-order valence-corrected chi connectivity index (χ1v) is 8.16. The first-order chi connectivity index (χ1) is 9.34.